The van der Waals surface area contributed by atoms with E-state index in [4.69, 9.17) is 17.3 Å². The molecule has 2 heteroatoms. The summed E-state index contributed by atoms with van der Waals surface area (Å²) in [6, 6.07) is 7.86. The Morgan fingerprint density at radius 2 is 2.00 bits per heavy atom. The van der Waals surface area contributed by atoms with E-state index in [1.54, 1.807) is 0 Å². The summed E-state index contributed by atoms with van der Waals surface area (Å²) in [5.41, 5.74) is 7.46. The molecule has 78 valence electrons. The Labute approximate surface area is 91.3 Å². The Hall–Kier alpha value is -0.530. The molecule has 2 N–H and O–H groups in total. The molecule has 0 spiro atoms. The SMILES string of the molecule is CC(C)(C)CC(N)c1cccc(Cl)c1. The van der Waals surface area contributed by atoms with Gasteiger partial charge in [0.1, 0.15) is 0 Å². The second kappa shape index (κ2) is 4.33. The van der Waals surface area contributed by atoms with Crippen LogP contribution < -0.4 is 5.73 Å². The minimum absolute atomic E-state index is 0.0775. The molecule has 1 aromatic carbocycles. The number of benzene rings is 1. The van der Waals surface area contributed by atoms with Gasteiger partial charge in [0.15, 0.2) is 0 Å². The zero-order valence-corrected chi connectivity index (χ0v) is 9.81. The second-order valence-electron chi connectivity index (χ2n) is 4.93. The number of hydrogen-bond donors (Lipinski definition) is 1. The van der Waals surface area contributed by atoms with Crippen LogP contribution in [0.2, 0.25) is 5.02 Å². The van der Waals surface area contributed by atoms with Crippen molar-refractivity contribution in [2.24, 2.45) is 11.1 Å². The molecule has 0 amide bonds. The van der Waals surface area contributed by atoms with E-state index in [9.17, 15) is 0 Å². The summed E-state index contributed by atoms with van der Waals surface area (Å²) < 4.78 is 0. The molecule has 1 nitrogen and oxygen atoms in total. The second-order valence-corrected chi connectivity index (χ2v) is 5.36. The highest BCUT2D eigenvalue weighted by molar-refractivity contribution is 6.30. The molecule has 1 unspecified atom stereocenters. The summed E-state index contributed by atoms with van der Waals surface area (Å²) in [4.78, 5) is 0. The van der Waals surface area contributed by atoms with Crippen LogP contribution in [0.25, 0.3) is 0 Å². The van der Waals surface area contributed by atoms with Gasteiger partial charge in [-0.25, -0.2) is 0 Å². The maximum Gasteiger partial charge on any atom is 0.0409 e. The fourth-order valence-electron chi connectivity index (χ4n) is 1.51. The molecular formula is C12H18ClN. The van der Waals surface area contributed by atoms with Gasteiger partial charge in [-0.2, -0.15) is 0 Å². The first-order valence-corrected chi connectivity index (χ1v) is 5.27. The van der Waals surface area contributed by atoms with Crippen molar-refractivity contribution in [2.45, 2.75) is 33.2 Å². The highest BCUT2D eigenvalue weighted by Gasteiger charge is 2.16. The smallest absolute Gasteiger partial charge is 0.0409 e. The highest BCUT2D eigenvalue weighted by Crippen LogP contribution is 2.28. The molecule has 0 aliphatic rings. The molecule has 1 aromatic rings. The lowest BCUT2D eigenvalue weighted by molar-refractivity contribution is 0.343. The van der Waals surface area contributed by atoms with E-state index in [1.165, 1.54) is 0 Å². The predicted octanol–water partition coefficient (Wildman–Crippen LogP) is 3.78. The Balaban J connectivity index is 2.74. The largest absolute Gasteiger partial charge is 0.324 e. The monoisotopic (exact) mass is 211 g/mol. The molecule has 0 fully saturated rings. The van der Waals surface area contributed by atoms with E-state index < -0.39 is 0 Å². The Kier molecular flexibility index (Phi) is 3.57. The van der Waals surface area contributed by atoms with Crippen molar-refractivity contribution >= 4 is 11.6 Å². The van der Waals surface area contributed by atoms with Gasteiger partial charge in [-0.1, -0.05) is 44.5 Å². The van der Waals surface area contributed by atoms with E-state index in [0.29, 0.717) is 0 Å². The first-order valence-electron chi connectivity index (χ1n) is 4.89. The molecule has 0 saturated heterocycles. The third-order valence-electron chi connectivity index (χ3n) is 2.11. The van der Waals surface area contributed by atoms with Gasteiger partial charge in [0, 0.05) is 11.1 Å². The summed E-state index contributed by atoms with van der Waals surface area (Å²) in [6.45, 7) is 6.58. The van der Waals surface area contributed by atoms with Crippen molar-refractivity contribution in [1.82, 2.24) is 0 Å². The van der Waals surface area contributed by atoms with Crippen molar-refractivity contribution in [1.29, 1.82) is 0 Å². The van der Waals surface area contributed by atoms with Gasteiger partial charge in [-0.15, -0.1) is 0 Å². The summed E-state index contributed by atoms with van der Waals surface area (Å²) in [5.74, 6) is 0. The zero-order chi connectivity index (χ0) is 10.8. The van der Waals surface area contributed by atoms with E-state index in [-0.39, 0.29) is 11.5 Å². The van der Waals surface area contributed by atoms with Gasteiger partial charge < -0.3 is 5.73 Å². The van der Waals surface area contributed by atoms with Gasteiger partial charge in [0.05, 0.1) is 0 Å². The molecule has 0 heterocycles. The molecule has 0 aliphatic heterocycles. The van der Waals surface area contributed by atoms with Crippen molar-refractivity contribution in [3.05, 3.63) is 34.9 Å². The normalized spacial score (nSPS) is 14.1. The lowest BCUT2D eigenvalue weighted by Gasteiger charge is -2.23. The number of nitrogens with two attached hydrogens (primary N) is 1. The Morgan fingerprint density at radius 1 is 1.36 bits per heavy atom. The van der Waals surface area contributed by atoms with E-state index in [0.717, 1.165) is 17.0 Å². The van der Waals surface area contributed by atoms with Crippen LogP contribution in [0.5, 0.6) is 0 Å². The lowest BCUT2D eigenvalue weighted by atomic mass is 9.86. The minimum atomic E-state index is 0.0775. The maximum atomic E-state index is 6.09. The lowest BCUT2D eigenvalue weighted by Crippen LogP contribution is -2.18. The van der Waals surface area contributed by atoms with Crippen molar-refractivity contribution in [3.63, 3.8) is 0 Å². The molecule has 0 bridgehead atoms. The van der Waals surface area contributed by atoms with Crippen LogP contribution in [-0.2, 0) is 0 Å². The first kappa shape index (κ1) is 11.5. The average molecular weight is 212 g/mol. The maximum absolute atomic E-state index is 6.09. The van der Waals surface area contributed by atoms with Gasteiger partial charge in [0.25, 0.3) is 0 Å². The number of halogens is 1. The fourth-order valence-corrected chi connectivity index (χ4v) is 1.71. The fraction of sp³-hybridized carbons (Fsp3) is 0.500. The molecule has 0 aromatic heterocycles. The van der Waals surface area contributed by atoms with Gasteiger partial charge in [-0.3, -0.25) is 0 Å². The summed E-state index contributed by atoms with van der Waals surface area (Å²) >= 11 is 5.90. The Bertz CT molecular complexity index is 301. The van der Waals surface area contributed by atoms with Crippen LogP contribution in [0.15, 0.2) is 24.3 Å². The van der Waals surface area contributed by atoms with Crippen LogP contribution in [0.3, 0.4) is 0 Å². The molecule has 0 saturated carbocycles. The zero-order valence-electron chi connectivity index (χ0n) is 9.05. The molecule has 1 atom stereocenters. The van der Waals surface area contributed by atoms with Gasteiger partial charge >= 0.3 is 0 Å². The van der Waals surface area contributed by atoms with E-state index in [2.05, 4.69) is 20.8 Å². The summed E-state index contributed by atoms with van der Waals surface area (Å²) in [6.07, 6.45) is 0.966. The van der Waals surface area contributed by atoms with Gasteiger partial charge in [0.2, 0.25) is 0 Å². The van der Waals surface area contributed by atoms with Crippen LogP contribution in [0.4, 0.5) is 0 Å². The van der Waals surface area contributed by atoms with Crippen molar-refractivity contribution < 1.29 is 0 Å². The number of rotatable bonds is 2. The van der Waals surface area contributed by atoms with E-state index >= 15 is 0 Å². The molecule has 0 radical (unpaired) electrons. The van der Waals surface area contributed by atoms with Crippen LogP contribution in [-0.4, -0.2) is 0 Å². The Morgan fingerprint density at radius 3 is 2.50 bits per heavy atom. The molecule has 1 rings (SSSR count). The third kappa shape index (κ3) is 3.69. The summed E-state index contributed by atoms with van der Waals surface area (Å²) in [5, 5.41) is 0.756. The highest BCUT2D eigenvalue weighted by atomic mass is 35.5. The molecular weight excluding hydrogens is 194 g/mol. The minimum Gasteiger partial charge on any atom is -0.324 e. The van der Waals surface area contributed by atoms with Crippen LogP contribution in [0.1, 0.15) is 38.8 Å². The number of hydrogen-bond acceptors (Lipinski definition) is 1. The molecule has 0 aliphatic carbocycles. The van der Waals surface area contributed by atoms with Crippen LogP contribution >= 0.6 is 11.6 Å². The predicted molar refractivity (Wildman–Crippen MR) is 62.5 cm³/mol. The van der Waals surface area contributed by atoms with Crippen molar-refractivity contribution in [3.8, 4) is 0 Å². The van der Waals surface area contributed by atoms with Gasteiger partial charge in [-0.05, 0) is 29.5 Å². The van der Waals surface area contributed by atoms with Crippen LogP contribution in [0, 0.1) is 5.41 Å². The average Bonchev–Trinajstić information content (AvgIpc) is 2.01. The quantitative estimate of drug-likeness (QED) is 0.792. The summed E-state index contributed by atoms with van der Waals surface area (Å²) in [7, 11) is 0. The molecule has 14 heavy (non-hydrogen) atoms. The van der Waals surface area contributed by atoms with Crippen molar-refractivity contribution in [2.75, 3.05) is 0 Å². The standard InChI is InChI=1S/C12H18ClN/c1-12(2,3)8-11(14)9-5-4-6-10(13)7-9/h4-7,11H,8,14H2,1-3H3. The third-order valence-corrected chi connectivity index (χ3v) is 2.34. The topological polar surface area (TPSA) is 26.0 Å². The first-order chi connectivity index (χ1) is 6.38. The van der Waals surface area contributed by atoms with E-state index in [1.807, 2.05) is 24.3 Å².